The van der Waals surface area contributed by atoms with Crippen LogP contribution in [0.15, 0.2) is 40.8 Å². The van der Waals surface area contributed by atoms with Gasteiger partial charge in [0.15, 0.2) is 0 Å². The van der Waals surface area contributed by atoms with Crippen LogP contribution in [0.4, 0.5) is 0 Å². The van der Waals surface area contributed by atoms with Gasteiger partial charge < -0.3 is 19.0 Å². The highest BCUT2D eigenvalue weighted by molar-refractivity contribution is 7.99. The van der Waals surface area contributed by atoms with Crippen molar-refractivity contribution in [1.82, 2.24) is 5.32 Å². The Morgan fingerprint density at radius 2 is 2.04 bits per heavy atom. The lowest BCUT2D eigenvalue weighted by atomic mass is 10.2. The van der Waals surface area contributed by atoms with Gasteiger partial charge in [0.05, 0.1) is 12.5 Å². The number of carbonyl (C=O) groups excluding carboxylic acids is 1. The number of carboxylic acids is 1. The van der Waals surface area contributed by atoms with Gasteiger partial charge in [0.2, 0.25) is 5.76 Å². The van der Waals surface area contributed by atoms with Gasteiger partial charge >= 0.3 is 11.9 Å². The van der Waals surface area contributed by atoms with Crippen LogP contribution in [-0.2, 0) is 16.1 Å². The highest BCUT2D eigenvalue weighted by Gasteiger charge is 2.30. The Hall–Kier alpha value is -2.45. The molecule has 1 aliphatic heterocycles. The molecule has 0 unspecified atom stereocenters. The van der Waals surface area contributed by atoms with Crippen molar-refractivity contribution in [2.75, 3.05) is 12.9 Å². The molecule has 0 amide bonds. The minimum Gasteiger partial charge on any atom is -0.486 e. The van der Waals surface area contributed by atoms with E-state index in [1.807, 2.05) is 24.3 Å². The normalized spacial score (nSPS) is 19.6. The number of nitrogens with one attached hydrogen (secondary N) is 1. The quantitative estimate of drug-likeness (QED) is 0.755. The largest absolute Gasteiger partial charge is 0.486 e. The molecule has 8 heteroatoms. The number of aliphatic carboxylic acids is 1. The molecule has 0 radical (unpaired) electrons. The Morgan fingerprint density at radius 1 is 1.28 bits per heavy atom. The summed E-state index contributed by atoms with van der Waals surface area (Å²) in [4.78, 5) is 22.3. The van der Waals surface area contributed by atoms with Crippen molar-refractivity contribution in [2.45, 2.75) is 18.0 Å². The summed E-state index contributed by atoms with van der Waals surface area (Å²) in [6, 6.07) is 10.1. The van der Waals surface area contributed by atoms with E-state index in [4.69, 9.17) is 14.3 Å². The molecule has 1 fully saturated rings. The zero-order valence-corrected chi connectivity index (χ0v) is 14.2. The van der Waals surface area contributed by atoms with Gasteiger partial charge in [-0.2, -0.15) is 0 Å². The van der Waals surface area contributed by atoms with Crippen LogP contribution >= 0.6 is 11.8 Å². The second kappa shape index (κ2) is 7.62. The van der Waals surface area contributed by atoms with Crippen molar-refractivity contribution in [3.63, 3.8) is 0 Å². The molecule has 0 spiro atoms. The average Bonchev–Trinajstić information content (AvgIpc) is 3.29. The topological polar surface area (TPSA) is 98.0 Å². The SMILES string of the molecule is COC(=O)c1ccc(COc2ccc([C@H]3N[C@H](C(=O)O)CS3)cc2)o1. The van der Waals surface area contributed by atoms with Gasteiger partial charge in [-0.3, -0.25) is 10.1 Å². The number of hydrogen-bond donors (Lipinski definition) is 2. The second-order valence-corrected chi connectivity index (χ2v) is 6.52. The summed E-state index contributed by atoms with van der Waals surface area (Å²) in [7, 11) is 1.29. The Morgan fingerprint density at radius 3 is 2.68 bits per heavy atom. The highest BCUT2D eigenvalue weighted by Crippen LogP contribution is 2.33. The monoisotopic (exact) mass is 363 g/mol. The van der Waals surface area contributed by atoms with E-state index < -0.39 is 18.0 Å². The maximum absolute atomic E-state index is 11.3. The third-order valence-corrected chi connectivity index (χ3v) is 4.96. The van der Waals surface area contributed by atoms with Gasteiger partial charge in [0, 0.05) is 5.75 Å². The molecule has 3 rings (SSSR count). The molecule has 2 atom stereocenters. The Balaban J connectivity index is 1.55. The summed E-state index contributed by atoms with van der Waals surface area (Å²) >= 11 is 1.56. The first-order valence-electron chi connectivity index (χ1n) is 7.57. The van der Waals surface area contributed by atoms with E-state index >= 15 is 0 Å². The molecule has 2 N–H and O–H groups in total. The number of methoxy groups -OCH3 is 1. The van der Waals surface area contributed by atoms with Crippen LogP contribution in [-0.4, -0.2) is 35.9 Å². The Bertz CT molecular complexity index is 757. The maximum Gasteiger partial charge on any atom is 0.373 e. The van der Waals surface area contributed by atoms with Crippen LogP contribution in [0.25, 0.3) is 0 Å². The fourth-order valence-electron chi connectivity index (χ4n) is 2.37. The number of thioether (sulfide) groups is 1. The molecule has 1 aromatic heterocycles. The molecule has 132 valence electrons. The summed E-state index contributed by atoms with van der Waals surface area (Å²) in [5, 5.41) is 12.0. The molecule has 0 saturated carbocycles. The lowest BCUT2D eigenvalue weighted by Gasteiger charge is -2.12. The fraction of sp³-hybridized carbons (Fsp3) is 0.294. The highest BCUT2D eigenvalue weighted by atomic mass is 32.2. The number of furan rings is 1. The molecule has 1 aliphatic rings. The standard InChI is InChI=1S/C17H17NO6S/c1-22-17(21)14-7-6-12(24-14)8-23-11-4-2-10(3-5-11)15-18-13(9-25-15)16(19)20/h2-7,13,15,18H,8-9H2,1H3,(H,19,20)/t13-,15-/m0/s1. The molecule has 0 aliphatic carbocycles. The van der Waals surface area contributed by atoms with Crippen molar-refractivity contribution in [1.29, 1.82) is 0 Å². The number of ether oxygens (including phenoxy) is 2. The first-order chi connectivity index (χ1) is 12.1. The molecule has 1 aromatic carbocycles. The van der Waals surface area contributed by atoms with Gasteiger partial charge in [-0.05, 0) is 29.8 Å². The van der Waals surface area contributed by atoms with Crippen LogP contribution in [0.1, 0.15) is 27.3 Å². The number of benzene rings is 1. The smallest absolute Gasteiger partial charge is 0.373 e. The second-order valence-electron chi connectivity index (χ2n) is 5.39. The molecule has 25 heavy (non-hydrogen) atoms. The number of carboxylic acid groups (broad SMARTS) is 1. The third kappa shape index (κ3) is 4.15. The first kappa shape index (κ1) is 17.4. The number of esters is 1. The predicted octanol–water partition coefficient (Wildman–Crippen LogP) is 2.43. The van der Waals surface area contributed by atoms with Crippen molar-refractivity contribution in [3.8, 4) is 5.75 Å². The number of carbonyl (C=O) groups is 2. The zero-order valence-electron chi connectivity index (χ0n) is 13.4. The van der Waals surface area contributed by atoms with Gasteiger partial charge in [-0.1, -0.05) is 12.1 Å². The minimum atomic E-state index is -0.834. The van der Waals surface area contributed by atoms with Crippen molar-refractivity contribution in [3.05, 3.63) is 53.5 Å². The summed E-state index contributed by atoms with van der Waals surface area (Å²) in [5.41, 5.74) is 0.993. The molecule has 2 aromatic rings. The summed E-state index contributed by atoms with van der Waals surface area (Å²) < 4.78 is 15.5. The van der Waals surface area contributed by atoms with E-state index in [2.05, 4.69) is 10.1 Å². The van der Waals surface area contributed by atoms with Crippen LogP contribution in [0, 0.1) is 0 Å². The first-order valence-corrected chi connectivity index (χ1v) is 8.62. The molecule has 2 heterocycles. The van der Waals surface area contributed by atoms with Crippen LogP contribution < -0.4 is 10.1 Å². The van der Waals surface area contributed by atoms with E-state index in [0.717, 1.165) is 5.56 Å². The van der Waals surface area contributed by atoms with E-state index in [0.29, 0.717) is 17.3 Å². The summed E-state index contributed by atoms with van der Waals surface area (Å²) in [6.45, 7) is 0.188. The molecular weight excluding hydrogens is 346 g/mol. The van der Waals surface area contributed by atoms with Crippen LogP contribution in [0.3, 0.4) is 0 Å². The lowest BCUT2D eigenvalue weighted by Crippen LogP contribution is -2.33. The maximum atomic E-state index is 11.3. The van der Waals surface area contributed by atoms with Crippen LogP contribution in [0.2, 0.25) is 0 Å². The molecule has 1 saturated heterocycles. The van der Waals surface area contributed by atoms with Crippen LogP contribution in [0.5, 0.6) is 5.75 Å². The Labute approximate surface area is 148 Å². The van der Waals surface area contributed by atoms with Crippen molar-refractivity contribution in [2.24, 2.45) is 0 Å². The van der Waals surface area contributed by atoms with E-state index in [1.54, 1.807) is 17.8 Å². The van der Waals surface area contributed by atoms with Gasteiger partial charge in [0.1, 0.15) is 24.2 Å². The van der Waals surface area contributed by atoms with Crippen molar-refractivity contribution < 1.29 is 28.6 Å². The zero-order chi connectivity index (χ0) is 17.8. The summed E-state index contributed by atoms with van der Waals surface area (Å²) in [6.07, 6.45) is 0. The minimum absolute atomic E-state index is 0.0390. The Kier molecular flexibility index (Phi) is 5.30. The molecular formula is C17H17NO6S. The number of hydrogen-bond acceptors (Lipinski definition) is 7. The lowest BCUT2D eigenvalue weighted by molar-refractivity contribution is -0.138. The third-order valence-electron chi connectivity index (χ3n) is 3.69. The van der Waals surface area contributed by atoms with Gasteiger partial charge in [0.25, 0.3) is 0 Å². The van der Waals surface area contributed by atoms with E-state index in [9.17, 15) is 9.59 Å². The van der Waals surface area contributed by atoms with Gasteiger partial charge in [-0.25, -0.2) is 4.79 Å². The van der Waals surface area contributed by atoms with E-state index in [1.165, 1.54) is 13.2 Å². The average molecular weight is 363 g/mol. The predicted molar refractivity (Wildman–Crippen MR) is 90.6 cm³/mol. The molecule has 7 nitrogen and oxygen atoms in total. The van der Waals surface area contributed by atoms with Crippen molar-refractivity contribution >= 4 is 23.7 Å². The van der Waals surface area contributed by atoms with Gasteiger partial charge in [-0.15, -0.1) is 11.8 Å². The van der Waals surface area contributed by atoms with E-state index in [-0.39, 0.29) is 17.7 Å². The molecule has 0 bridgehead atoms. The fourth-order valence-corrected chi connectivity index (χ4v) is 3.60. The number of rotatable bonds is 6. The summed E-state index contributed by atoms with van der Waals surface area (Å²) in [5.74, 6) is 0.476.